The van der Waals surface area contributed by atoms with Crippen LogP contribution in [-0.4, -0.2) is 22.6 Å². The molecule has 17 heavy (non-hydrogen) atoms. The smallest absolute Gasteiger partial charge is 0.0736 e. The molecule has 0 aliphatic rings. The Labute approximate surface area is 103 Å². The first-order valence-electron chi connectivity index (χ1n) is 6.13. The Balaban J connectivity index is 2.86. The van der Waals surface area contributed by atoms with Gasteiger partial charge in [0.1, 0.15) is 0 Å². The molecule has 1 rings (SSSR count). The molecule has 0 saturated heterocycles. The number of rotatable bonds is 6. The summed E-state index contributed by atoms with van der Waals surface area (Å²) in [7, 11) is 0. The molecule has 1 aromatic rings. The summed E-state index contributed by atoms with van der Waals surface area (Å²) in [5, 5.41) is 21.1. The lowest BCUT2D eigenvalue weighted by Gasteiger charge is -2.18. The Morgan fingerprint density at radius 1 is 1.29 bits per heavy atom. The molecule has 0 bridgehead atoms. The van der Waals surface area contributed by atoms with Crippen molar-refractivity contribution >= 4 is 6.21 Å². The first-order chi connectivity index (χ1) is 8.19. The van der Waals surface area contributed by atoms with E-state index in [1.54, 1.807) is 0 Å². The lowest BCUT2D eigenvalue weighted by Crippen LogP contribution is -2.06. The van der Waals surface area contributed by atoms with Gasteiger partial charge >= 0.3 is 0 Å². The normalized spacial score (nSPS) is 15.0. The Morgan fingerprint density at radius 2 is 2.00 bits per heavy atom. The van der Waals surface area contributed by atoms with Crippen molar-refractivity contribution in [2.24, 2.45) is 5.16 Å². The van der Waals surface area contributed by atoms with Gasteiger partial charge in [0, 0.05) is 0 Å². The molecule has 94 valence electrons. The Bertz CT molecular complexity index is 361. The van der Waals surface area contributed by atoms with Gasteiger partial charge in [-0.05, 0) is 43.2 Å². The van der Waals surface area contributed by atoms with E-state index in [0.29, 0.717) is 5.92 Å². The number of nitrogens with zero attached hydrogens (tertiary/aromatic N) is 1. The number of hydrogen-bond acceptors (Lipinski definition) is 3. The Hall–Kier alpha value is -1.35. The van der Waals surface area contributed by atoms with Gasteiger partial charge in [0.05, 0.1) is 12.3 Å². The van der Waals surface area contributed by atoms with Crippen LogP contribution in [0.2, 0.25) is 0 Å². The molecule has 0 aromatic heterocycles. The third-order valence-corrected chi connectivity index (χ3v) is 3.06. The topological polar surface area (TPSA) is 52.8 Å². The van der Waals surface area contributed by atoms with E-state index < -0.39 is 0 Å². The van der Waals surface area contributed by atoms with Crippen LogP contribution in [-0.2, 0) is 0 Å². The van der Waals surface area contributed by atoms with Crippen LogP contribution in [0.4, 0.5) is 0 Å². The first-order valence-corrected chi connectivity index (χ1v) is 6.13. The molecule has 0 aliphatic heterocycles. The van der Waals surface area contributed by atoms with Crippen LogP contribution in [0.3, 0.4) is 0 Å². The van der Waals surface area contributed by atoms with Crippen molar-refractivity contribution in [3.63, 3.8) is 0 Å². The van der Waals surface area contributed by atoms with E-state index in [2.05, 4.69) is 18.1 Å². The van der Waals surface area contributed by atoms with E-state index in [-0.39, 0.29) is 6.10 Å². The minimum Gasteiger partial charge on any atom is -0.411 e. The van der Waals surface area contributed by atoms with Crippen LogP contribution in [0.15, 0.2) is 29.4 Å². The molecule has 0 amide bonds. The fourth-order valence-electron chi connectivity index (χ4n) is 2.08. The SMILES string of the molecule is CCC(CCC(C)O)c1ccccc1C=NO. The molecule has 0 aliphatic carbocycles. The predicted molar refractivity (Wildman–Crippen MR) is 69.8 cm³/mol. The summed E-state index contributed by atoms with van der Waals surface area (Å²) in [5.74, 6) is 0.402. The standard InChI is InChI=1S/C14H21NO2/c1-3-12(9-8-11(2)16)14-7-5-4-6-13(14)10-15-17/h4-7,10-12,16-17H,3,8-9H2,1-2H3. The van der Waals surface area contributed by atoms with Crippen LogP contribution in [0.25, 0.3) is 0 Å². The Kier molecular flexibility index (Phi) is 5.70. The monoisotopic (exact) mass is 235 g/mol. The number of aliphatic hydroxyl groups is 1. The maximum Gasteiger partial charge on any atom is 0.0736 e. The first kappa shape index (κ1) is 13.7. The lowest BCUT2D eigenvalue weighted by atomic mass is 9.88. The van der Waals surface area contributed by atoms with Crippen molar-refractivity contribution in [1.82, 2.24) is 0 Å². The fourth-order valence-corrected chi connectivity index (χ4v) is 2.08. The molecule has 1 aromatic carbocycles. The van der Waals surface area contributed by atoms with Gasteiger partial charge in [0.2, 0.25) is 0 Å². The third-order valence-electron chi connectivity index (χ3n) is 3.06. The average molecular weight is 235 g/mol. The van der Waals surface area contributed by atoms with E-state index in [1.807, 2.05) is 25.1 Å². The molecular formula is C14H21NO2. The van der Waals surface area contributed by atoms with E-state index in [0.717, 1.165) is 24.8 Å². The molecule has 2 unspecified atom stereocenters. The molecule has 3 nitrogen and oxygen atoms in total. The summed E-state index contributed by atoms with van der Waals surface area (Å²) in [6.45, 7) is 3.95. The van der Waals surface area contributed by atoms with Crippen LogP contribution in [0.5, 0.6) is 0 Å². The molecule has 0 fully saturated rings. The van der Waals surface area contributed by atoms with Crippen molar-refractivity contribution in [2.45, 2.75) is 45.1 Å². The van der Waals surface area contributed by atoms with Crippen molar-refractivity contribution in [3.8, 4) is 0 Å². The molecule has 0 saturated carbocycles. The molecule has 0 radical (unpaired) electrons. The van der Waals surface area contributed by atoms with Gasteiger partial charge in [-0.25, -0.2) is 0 Å². The molecule has 3 heteroatoms. The van der Waals surface area contributed by atoms with Gasteiger partial charge in [0.15, 0.2) is 0 Å². The molecule has 2 N–H and O–H groups in total. The Morgan fingerprint density at radius 3 is 2.59 bits per heavy atom. The van der Waals surface area contributed by atoms with Gasteiger partial charge < -0.3 is 10.3 Å². The summed E-state index contributed by atoms with van der Waals surface area (Å²) in [6, 6.07) is 7.93. The van der Waals surface area contributed by atoms with Gasteiger partial charge in [-0.15, -0.1) is 0 Å². The second-order valence-electron chi connectivity index (χ2n) is 4.41. The van der Waals surface area contributed by atoms with Crippen LogP contribution in [0, 0.1) is 0 Å². The maximum absolute atomic E-state index is 9.35. The minimum absolute atomic E-state index is 0.261. The summed E-state index contributed by atoms with van der Waals surface area (Å²) in [6.07, 6.45) is 3.97. The quantitative estimate of drug-likeness (QED) is 0.452. The largest absolute Gasteiger partial charge is 0.411 e. The van der Waals surface area contributed by atoms with Crippen LogP contribution in [0.1, 0.15) is 50.2 Å². The molecule has 0 heterocycles. The van der Waals surface area contributed by atoms with Crippen LogP contribution < -0.4 is 0 Å². The van der Waals surface area contributed by atoms with Crippen molar-refractivity contribution in [3.05, 3.63) is 35.4 Å². The molecule has 0 spiro atoms. The average Bonchev–Trinajstić information content (AvgIpc) is 2.32. The zero-order valence-corrected chi connectivity index (χ0v) is 10.5. The summed E-state index contributed by atoms with van der Waals surface area (Å²) >= 11 is 0. The van der Waals surface area contributed by atoms with Gasteiger partial charge in [0.25, 0.3) is 0 Å². The minimum atomic E-state index is -0.261. The van der Waals surface area contributed by atoms with E-state index >= 15 is 0 Å². The zero-order chi connectivity index (χ0) is 12.7. The maximum atomic E-state index is 9.35. The predicted octanol–water partition coefficient (Wildman–Crippen LogP) is 3.15. The number of hydrogen-bond donors (Lipinski definition) is 2. The summed E-state index contributed by atoms with van der Waals surface area (Å²) in [4.78, 5) is 0. The second-order valence-corrected chi connectivity index (χ2v) is 4.41. The fraction of sp³-hybridized carbons (Fsp3) is 0.500. The van der Waals surface area contributed by atoms with Crippen molar-refractivity contribution in [1.29, 1.82) is 0 Å². The van der Waals surface area contributed by atoms with Crippen LogP contribution >= 0.6 is 0 Å². The van der Waals surface area contributed by atoms with Crippen molar-refractivity contribution < 1.29 is 10.3 Å². The zero-order valence-electron chi connectivity index (χ0n) is 10.5. The summed E-state index contributed by atoms with van der Waals surface area (Å²) in [5.41, 5.74) is 2.14. The number of benzene rings is 1. The third kappa shape index (κ3) is 4.19. The highest BCUT2D eigenvalue weighted by atomic mass is 16.4. The number of aliphatic hydroxyl groups excluding tert-OH is 1. The van der Waals surface area contributed by atoms with Gasteiger partial charge in [-0.1, -0.05) is 36.3 Å². The van der Waals surface area contributed by atoms with Crippen molar-refractivity contribution in [2.75, 3.05) is 0 Å². The lowest BCUT2D eigenvalue weighted by molar-refractivity contribution is 0.178. The number of oxime groups is 1. The second kappa shape index (κ2) is 7.07. The van der Waals surface area contributed by atoms with E-state index in [1.165, 1.54) is 11.8 Å². The highest BCUT2D eigenvalue weighted by Crippen LogP contribution is 2.27. The molecule has 2 atom stereocenters. The highest BCUT2D eigenvalue weighted by Gasteiger charge is 2.13. The highest BCUT2D eigenvalue weighted by molar-refractivity contribution is 5.81. The van der Waals surface area contributed by atoms with Gasteiger partial charge in [-0.3, -0.25) is 0 Å². The summed E-state index contributed by atoms with van der Waals surface area (Å²) < 4.78 is 0. The van der Waals surface area contributed by atoms with E-state index in [4.69, 9.17) is 5.21 Å². The molecular weight excluding hydrogens is 214 g/mol. The van der Waals surface area contributed by atoms with Gasteiger partial charge in [-0.2, -0.15) is 0 Å². The van der Waals surface area contributed by atoms with E-state index in [9.17, 15) is 5.11 Å².